The average molecular weight is 242 g/mol. The summed E-state index contributed by atoms with van der Waals surface area (Å²) in [6.07, 6.45) is 2.48. The van der Waals surface area contributed by atoms with Crippen LogP contribution in [0.1, 0.15) is 37.4 Å². The van der Waals surface area contributed by atoms with Crippen LogP contribution in [0.2, 0.25) is 0 Å². The molecule has 1 N–H and O–H groups in total. The quantitative estimate of drug-likeness (QED) is 0.879. The fraction of sp³-hybridized carbons (Fsp3) is 0.538. The van der Waals surface area contributed by atoms with Crippen molar-refractivity contribution in [2.45, 2.75) is 37.9 Å². The van der Waals surface area contributed by atoms with E-state index >= 15 is 0 Å². The number of hydrogen-bond donors (Lipinski definition) is 1. The lowest BCUT2D eigenvalue weighted by Crippen LogP contribution is -2.09. The largest absolute Gasteiger partial charge is 0.388 e. The third-order valence-electron chi connectivity index (χ3n) is 3.11. The molecule has 2 atom stereocenters. The molecule has 0 aliphatic carbocycles. The third kappa shape index (κ3) is 3.23. The van der Waals surface area contributed by atoms with Crippen molar-refractivity contribution in [1.82, 2.24) is 0 Å². The summed E-state index contributed by atoms with van der Waals surface area (Å²) in [4.78, 5) is 0. The summed E-state index contributed by atoms with van der Waals surface area (Å²) >= 11 is 0. The first-order valence-electron chi connectivity index (χ1n) is 5.91. The Bertz CT molecular complexity index is 376. The van der Waals surface area contributed by atoms with Gasteiger partial charge in [0.1, 0.15) is 11.6 Å². The first kappa shape index (κ1) is 12.5. The zero-order valence-electron chi connectivity index (χ0n) is 9.53. The molecule has 0 saturated carbocycles. The minimum atomic E-state index is -0.889. The lowest BCUT2D eigenvalue weighted by atomic mass is 10.0. The molecule has 1 aromatic carbocycles. The minimum absolute atomic E-state index is 0.157. The molecule has 0 bridgehead atoms. The third-order valence-corrected chi connectivity index (χ3v) is 3.11. The van der Waals surface area contributed by atoms with Crippen molar-refractivity contribution in [3.63, 3.8) is 0 Å². The van der Waals surface area contributed by atoms with E-state index in [9.17, 15) is 13.9 Å². The molecule has 1 fully saturated rings. The maximum absolute atomic E-state index is 13.4. The van der Waals surface area contributed by atoms with E-state index in [1.54, 1.807) is 0 Å². The Labute approximate surface area is 99.2 Å². The van der Waals surface area contributed by atoms with Crippen LogP contribution in [-0.2, 0) is 4.74 Å². The molecule has 1 heterocycles. The highest BCUT2D eigenvalue weighted by molar-refractivity contribution is 5.20. The molecule has 1 aliphatic rings. The molecule has 0 spiro atoms. The summed E-state index contributed by atoms with van der Waals surface area (Å²) in [5.41, 5.74) is 0.157. The molecule has 1 aromatic rings. The van der Waals surface area contributed by atoms with Crippen molar-refractivity contribution in [3.05, 3.63) is 35.4 Å². The monoisotopic (exact) mass is 242 g/mol. The maximum Gasteiger partial charge on any atom is 0.131 e. The van der Waals surface area contributed by atoms with Crippen molar-refractivity contribution in [2.75, 3.05) is 6.61 Å². The van der Waals surface area contributed by atoms with Crippen LogP contribution in [0.5, 0.6) is 0 Å². The maximum atomic E-state index is 13.4. The molecule has 2 unspecified atom stereocenters. The summed E-state index contributed by atoms with van der Waals surface area (Å²) < 4.78 is 31.5. The predicted octanol–water partition coefficient (Wildman–Crippen LogP) is 2.96. The van der Waals surface area contributed by atoms with Gasteiger partial charge in [0.05, 0.1) is 12.2 Å². The van der Waals surface area contributed by atoms with Gasteiger partial charge in [0.15, 0.2) is 0 Å². The fourth-order valence-electron chi connectivity index (χ4n) is 2.14. The lowest BCUT2D eigenvalue weighted by Gasteiger charge is -2.14. The second-order valence-electron chi connectivity index (χ2n) is 4.39. The number of benzene rings is 1. The van der Waals surface area contributed by atoms with E-state index in [2.05, 4.69) is 0 Å². The van der Waals surface area contributed by atoms with E-state index in [0.717, 1.165) is 31.6 Å². The molecule has 4 heteroatoms. The summed E-state index contributed by atoms with van der Waals surface area (Å²) in [7, 11) is 0. The van der Waals surface area contributed by atoms with Crippen molar-refractivity contribution < 1.29 is 18.6 Å². The van der Waals surface area contributed by atoms with Crippen molar-refractivity contribution in [3.8, 4) is 0 Å². The molecule has 2 rings (SSSR count). The van der Waals surface area contributed by atoms with Gasteiger partial charge >= 0.3 is 0 Å². The molecular formula is C13H16F2O2. The van der Waals surface area contributed by atoms with Crippen molar-refractivity contribution >= 4 is 0 Å². The summed E-state index contributed by atoms with van der Waals surface area (Å²) in [5, 5.41) is 9.83. The van der Waals surface area contributed by atoms with Gasteiger partial charge in [0.2, 0.25) is 0 Å². The van der Waals surface area contributed by atoms with Crippen LogP contribution in [0.3, 0.4) is 0 Å². The fourth-order valence-corrected chi connectivity index (χ4v) is 2.14. The van der Waals surface area contributed by atoms with E-state index in [1.165, 1.54) is 6.07 Å². The molecule has 0 radical (unpaired) electrons. The first-order chi connectivity index (χ1) is 8.16. The van der Waals surface area contributed by atoms with Crippen LogP contribution in [0.15, 0.2) is 18.2 Å². The van der Waals surface area contributed by atoms with Gasteiger partial charge < -0.3 is 9.84 Å². The first-order valence-corrected chi connectivity index (χ1v) is 5.91. The van der Waals surface area contributed by atoms with Gasteiger partial charge in [0.25, 0.3) is 0 Å². The highest BCUT2D eigenvalue weighted by Gasteiger charge is 2.19. The van der Waals surface area contributed by atoms with Crippen molar-refractivity contribution in [2.24, 2.45) is 0 Å². The molecule has 0 amide bonds. The van der Waals surface area contributed by atoms with Crippen LogP contribution in [0.25, 0.3) is 0 Å². The summed E-state index contributed by atoms with van der Waals surface area (Å²) in [5.74, 6) is -1.32. The van der Waals surface area contributed by atoms with Crippen LogP contribution < -0.4 is 0 Å². The number of halogens is 2. The molecule has 0 aromatic heterocycles. The van der Waals surface area contributed by atoms with Gasteiger partial charge in [-0.2, -0.15) is 0 Å². The summed E-state index contributed by atoms with van der Waals surface area (Å²) in [6.45, 7) is 0.770. The van der Waals surface area contributed by atoms with Crippen LogP contribution in [-0.4, -0.2) is 17.8 Å². The second kappa shape index (κ2) is 5.56. The molecule has 1 saturated heterocycles. The van der Waals surface area contributed by atoms with Gasteiger partial charge in [-0.25, -0.2) is 8.78 Å². The molecule has 94 valence electrons. The SMILES string of the molecule is OC(CCC1CCCO1)c1ccc(F)cc1F. The molecule has 2 nitrogen and oxygen atoms in total. The topological polar surface area (TPSA) is 29.5 Å². The van der Waals surface area contributed by atoms with Gasteiger partial charge in [-0.3, -0.25) is 0 Å². The van der Waals surface area contributed by atoms with Gasteiger partial charge in [-0.15, -0.1) is 0 Å². The Balaban J connectivity index is 1.91. The van der Waals surface area contributed by atoms with E-state index in [1.807, 2.05) is 0 Å². The molecule has 17 heavy (non-hydrogen) atoms. The zero-order valence-corrected chi connectivity index (χ0v) is 9.53. The highest BCUT2D eigenvalue weighted by Crippen LogP contribution is 2.25. The average Bonchev–Trinajstić information content (AvgIpc) is 2.78. The van der Waals surface area contributed by atoms with E-state index in [0.29, 0.717) is 12.8 Å². The highest BCUT2D eigenvalue weighted by atomic mass is 19.1. The van der Waals surface area contributed by atoms with Gasteiger partial charge in [0, 0.05) is 18.2 Å². The lowest BCUT2D eigenvalue weighted by molar-refractivity contribution is 0.0803. The predicted molar refractivity (Wildman–Crippen MR) is 59.5 cm³/mol. The van der Waals surface area contributed by atoms with Crippen LogP contribution in [0.4, 0.5) is 8.78 Å². The van der Waals surface area contributed by atoms with Gasteiger partial charge in [-0.1, -0.05) is 6.07 Å². The van der Waals surface area contributed by atoms with E-state index in [-0.39, 0.29) is 11.7 Å². The van der Waals surface area contributed by atoms with Crippen molar-refractivity contribution in [1.29, 1.82) is 0 Å². The Morgan fingerprint density at radius 3 is 2.88 bits per heavy atom. The number of ether oxygens (including phenoxy) is 1. The van der Waals surface area contributed by atoms with Crippen LogP contribution in [0, 0.1) is 11.6 Å². The van der Waals surface area contributed by atoms with Gasteiger partial charge in [-0.05, 0) is 31.7 Å². The number of hydrogen-bond acceptors (Lipinski definition) is 2. The smallest absolute Gasteiger partial charge is 0.131 e. The van der Waals surface area contributed by atoms with E-state index < -0.39 is 17.7 Å². The standard InChI is InChI=1S/C13H16F2O2/c14-9-3-5-11(12(15)8-9)13(16)6-4-10-2-1-7-17-10/h3,5,8,10,13,16H,1-2,4,6-7H2. The molecule has 1 aliphatic heterocycles. The Hall–Kier alpha value is -1.00. The Kier molecular flexibility index (Phi) is 4.07. The number of aliphatic hydroxyl groups is 1. The minimum Gasteiger partial charge on any atom is -0.388 e. The molecular weight excluding hydrogens is 226 g/mol. The number of aliphatic hydroxyl groups excluding tert-OH is 1. The zero-order chi connectivity index (χ0) is 12.3. The Morgan fingerprint density at radius 1 is 1.41 bits per heavy atom. The van der Waals surface area contributed by atoms with E-state index in [4.69, 9.17) is 4.74 Å². The summed E-state index contributed by atoms with van der Waals surface area (Å²) in [6, 6.07) is 3.25. The normalized spacial score (nSPS) is 21.7. The number of rotatable bonds is 4. The second-order valence-corrected chi connectivity index (χ2v) is 4.39. The van der Waals surface area contributed by atoms with Crippen LogP contribution >= 0.6 is 0 Å². The Morgan fingerprint density at radius 2 is 2.24 bits per heavy atom.